The third kappa shape index (κ3) is 14.5. The SMILES string of the molecule is CCCCCC[C@@H](C)CCCCCCCCCBr. The van der Waals surface area contributed by atoms with Gasteiger partial charge in [0.05, 0.1) is 0 Å². The maximum Gasteiger partial charge on any atom is 0.00313 e. The summed E-state index contributed by atoms with van der Waals surface area (Å²) in [5.41, 5.74) is 0. The molecule has 0 nitrogen and oxygen atoms in total. The van der Waals surface area contributed by atoms with Gasteiger partial charge in [-0.2, -0.15) is 0 Å². The van der Waals surface area contributed by atoms with Gasteiger partial charge in [-0.1, -0.05) is 107 Å². The Balaban J connectivity index is 3.08. The zero-order chi connectivity index (χ0) is 13.5. The van der Waals surface area contributed by atoms with Crippen molar-refractivity contribution in [2.24, 2.45) is 5.92 Å². The first-order chi connectivity index (χ1) is 8.81. The number of halogens is 1. The van der Waals surface area contributed by atoms with Crippen molar-refractivity contribution in [3.05, 3.63) is 0 Å². The topological polar surface area (TPSA) is 0 Å². The first-order valence-electron chi connectivity index (χ1n) is 8.37. The molecule has 0 bridgehead atoms. The molecule has 0 radical (unpaired) electrons. The van der Waals surface area contributed by atoms with E-state index in [2.05, 4.69) is 29.8 Å². The summed E-state index contributed by atoms with van der Waals surface area (Å²) in [6.45, 7) is 4.74. The van der Waals surface area contributed by atoms with Crippen molar-refractivity contribution in [3.8, 4) is 0 Å². The number of hydrogen-bond acceptors (Lipinski definition) is 0. The fourth-order valence-corrected chi connectivity index (χ4v) is 2.93. The molecule has 0 N–H and O–H groups in total. The molecule has 1 heteroatoms. The fourth-order valence-electron chi connectivity index (χ4n) is 2.54. The predicted octanol–water partition coefficient (Wildman–Crippen LogP) is 7.11. The third-order valence-electron chi connectivity index (χ3n) is 3.88. The smallest absolute Gasteiger partial charge is 0.00313 e. The molecule has 0 aliphatic carbocycles. The van der Waals surface area contributed by atoms with E-state index in [1.807, 2.05) is 0 Å². The first kappa shape index (κ1) is 18.5. The van der Waals surface area contributed by atoms with E-state index < -0.39 is 0 Å². The van der Waals surface area contributed by atoms with Crippen LogP contribution in [-0.2, 0) is 0 Å². The lowest BCUT2D eigenvalue weighted by Gasteiger charge is -2.10. The molecule has 0 aromatic heterocycles. The molecule has 0 saturated heterocycles. The van der Waals surface area contributed by atoms with E-state index in [9.17, 15) is 0 Å². The van der Waals surface area contributed by atoms with Gasteiger partial charge in [0, 0.05) is 5.33 Å². The fraction of sp³-hybridized carbons (Fsp3) is 1.00. The van der Waals surface area contributed by atoms with Crippen molar-refractivity contribution in [1.29, 1.82) is 0 Å². The van der Waals surface area contributed by atoms with Crippen LogP contribution in [0.5, 0.6) is 0 Å². The van der Waals surface area contributed by atoms with E-state index in [4.69, 9.17) is 0 Å². The lowest BCUT2D eigenvalue weighted by molar-refractivity contribution is 0.433. The van der Waals surface area contributed by atoms with Crippen LogP contribution in [0.4, 0.5) is 0 Å². The molecule has 18 heavy (non-hydrogen) atoms. The van der Waals surface area contributed by atoms with Gasteiger partial charge in [-0.15, -0.1) is 0 Å². The molecule has 0 heterocycles. The minimum atomic E-state index is 0.968. The number of rotatable bonds is 14. The summed E-state index contributed by atoms with van der Waals surface area (Å²) >= 11 is 3.49. The van der Waals surface area contributed by atoms with Gasteiger partial charge in [-0.05, 0) is 12.3 Å². The Labute approximate surface area is 124 Å². The van der Waals surface area contributed by atoms with E-state index in [1.54, 1.807) is 0 Å². The van der Waals surface area contributed by atoms with Gasteiger partial charge in [-0.3, -0.25) is 0 Å². The van der Waals surface area contributed by atoms with Crippen molar-refractivity contribution in [2.45, 2.75) is 97.3 Å². The Bertz CT molecular complexity index is 145. The number of hydrogen-bond donors (Lipinski definition) is 0. The van der Waals surface area contributed by atoms with Gasteiger partial charge in [0.1, 0.15) is 0 Å². The van der Waals surface area contributed by atoms with Crippen molar-refractivity contribution in [3.63, 3.8) is 0 Å². The van der Waals surface area contributed by atoms with Crippen LogP contribution in [0.15, 0.2) is 0 Å². The predicted molar refractivity (Wildman–Crippen MR) is 88.7 cm³/mol. The van der Waals surface area contributed by atoms with Gasteiger partial charge in [0.15, 0.2) is 0 Å². The Morgan fingerprint density at radius 1 is 0.667 bits per heavy atom. The maximum atomic E-state index is 3.49. The minimum Gasteiger partial charge on any atom is -0.0928 e. The maximum absolute atomic E-state index is 3.49. The molecule has 0 aromatic carbocycles. The molecular formula is C17H35Br. The summed E-state index contributed by atoms with van der Waals surface area (Å²) in [7, 11) is 0. The Morgan fingerprint density at radius 3 is 1.61 bits per heavy atom. The van der Waals surface area contributed by atoms with Crippen LogP contribution in [0, 0.1) is 5.92 Å². The van der Waals surface area contributed by atoms with E-state index >= 15 is 0 Å². The quantitative estimate of drug-likeness (QED) is 0.236. The van der Waals surface area contributed by atoms with Crippen LogP contribution in [-0.4, -0.2) is 5.33 Å². The van der Waals surface area contributed by atoms with Gasteiger partial charge in [-0.25, -0.2) is 0 Å². The normalized spacial score (nSPS) is 12.8. The molecule has 0 amide bonds. The Hall–Kier alpha value is 0.480. The summed E-state index contributed by atoms with van der Waals surface area (Å²) in [5.74, 6) is 0.968. The highest BCUT2D eigenvalue weighted by atomic mass is 79.9. The highest BCUT2D eigenvalue weighted by Gasteiger charge is 2.01. The molecular weight excluding hydrogens is 284 g/mol. The molecule has 0 spiro atoms. The van der Waals surface area contributed by atoms with Gasteiger partial charge in [0.25, 0.3) is 0 Å². The summed E-state index contributed by atoms with van der Waals surface area (Å²) in [6, 6.07) is 0. The van der Waals surface area contributed by atoms with Crippen molar-refractivity contribution in [2.75, 3.05) is 5.33 Å². The Kier molecular flexibility index (Phi) is 16.0. The van der Waals surface area contributed by atoms with Crippen molar-refractivity contribution >= 4 is 15.9 Å². The average Bonchev–Trinajstić information content (AvgIpc) is 2.38. The van der Waals surface area contributed by atoms with Gasteiger partial charge >= 0.3 is 0 Å². The molecule has 0 unspecified atom stereocenters. The van der Waals surface area contributed by atoms with Crippen LogP contribution < -0.4 is 0 Å². The summed E-state index contributed by atoms with van der Waals surface area (Å²) in [6.07, 6.45) is 18.7. The first-order valence-corrected chi connectivity index (χ1v) is 9.49. The van der Waals surface area contributed by atoms with Crippen LogP contribution in [0.1, 0.15) is 97.3 Å². The molecule has 110 valence electrons. The van der Waals surface area contributed by atoms with E-state index in [-0.39, 0.29) is 0 Å². The molecule has 1 atom stereocenters. The van der Waals surface area contributed by atoms with Gasteiger partial charge in [0.2, 0.25) is 0 Å². The van der Waals surface area contributed by atoms with Crippen molar-refractivity contribution in [1.82, 2.24) is 0 Å². The molecule has 0 saturated carbocycles. The lowest BCUT2D eigenvalue weighted by atomic mass is 9.96. The Morgan fingerprint density at radius 2 is 1.11 bits per heavy atom. The molecule has 0 fully saturated rings. The van der Waals surface area contributed by atoms with E-state index in [0.717, 1.165) is 5.92 Å². The highest BCUT2D eigenvalue weighted by molar-refractivity contribution is 9.09. The standard InChI is InChI=1S/C17H35Br/c1-3-4-5-11-14-17(2)15-12-9-7-6-8-10-13-16-18/h17H,3-16H2,1-2H3/t17-/m1/s1. The molecule has 0 aliphatic heterocycles. The second-order valence-electron chi connectivity index (χ2n) is 5.91. The number of unbranched alkanes of at least 4 members (excludes halogenated alkanes) is 9. The lowest BCUT2D eigenvalue weighted by Crippen LogP contribution is -1.95. The summed E-state index contributed by atoms with van der Waals surface area (Å²) < 4.78 is 0. The zero-order valence-corrected chi connectivity index (χ0v) is 14.4. The molecule has 0 aliphatic rings. The van der Waals surface area contributed by atoms with E-state index in [0.29, 0.717) is 0 Å². The average molecular weight is 319 g/mol. The summed E-state index contributed by atoms with van der Waals surface area (Å²) in [4.78, 5) is 0. The highest BCUT2D eigenvalue weighted by Crippen LogP contribution is 2.18. The monoisotopic (exact) mass is 318 g/mol. The summed E-state index contributed by atoms with van der Waals surface area (Å²) in [5, 5.41) is 1.18. The molecule has 0 aromatic rings. The number of alkyl halides is 1. The van der Waals surface area contributed by atoms with Crippen LogP contribution in [0.2, 0.25) is 0 Å². The third-order valence-corrected chi connectivity index (χ3v) is 4.44. The minimum absolute atomic E-state index is 0.968. The van der Waals surface area contributed by atoms with E-state index in [1.165, 1.54) is 88.8 Å². The van der Waals surface area contributed by atoms with Crippen LogP contribution in [0.3, 0.4) is 0 Å². The van der Waals surface area contributed by atoms with Crippen molar-refractivity contribution < 1.29 is 0 Å². The second kappa shape index (κ2) is 15.5. The van der Waals surface area contributed by atoms with Gasteiger partial charge < -0.3 is 0 Å². The second-order valence-corrected chi connectivity index (χ2v) is 6.70. The van der Waals surface area contributed by atoms with Crippen LogP contribution >= 0.6 is 15.9 Å². The van der Waals surface area contributed by atoms with Crippen LogP contribution in [0.25, 0.3) is 0 Å². The molecule has 0 rings (SSSR count). The zero-order valence-electron chi connectivity index (χ0n) is 12.9. The largest absolute Gasteiger partial charge is 0.0928 e.